The SMILES string of the molecule is O=C1N2CCCC(C2)N1OCc1ccccc1.O=CON1C(=O)C2C3C=CC(C3)C2C1=O. The fourth-order valence-corrected chi connectivity index (χ4v) is 5.52. The maximum Gasteiger partial charge on any atom is 0.344 e. The van der Waals surface area contributed by atoms with Gasteiger partial charge >= 0.3 is 12.5 Å². The van der Waals surface area contributed by atoms with Gasteiger partial charge in [-0.3, -0.25) is 19.2 Å². The Balaban J connectivity index is 0.000000136. The van der Waals surface area contributed by atoms with Gasteiger partial charge in [0, 0.05) is 13.1 Å². The summed E-state index contributed by atoms with van der Waals surface area (Å²) in [6, 6.07) is 10.2. The molecule has 0 N–H and O–H groups in total. The molecule has 3 heterocycles. The van der Waals surface area contributed by atoms with Crippen LogP contribution in [0.5, 0.6) is 0 Å². The van der Waals surface area contributed by atoms with E-state index in [1.807, 2.05) is 47.4 Å². The van der Waals surface area contributed by atoms with Gasteiger partial charge in [0.2, 0.25) is 0 Å². The van der Waals surface area contributed by atoms with Crippen LogP contribution in [0.1, 0.15) is 24.8 Å². The van der Waals surface area contributed by atoms with Gasteiger partial charge in [0.05, 0.1) is 17.9 Å². The molecular formula is C23H25N3O6. The Labute approximate surface area is 185 Å². The number of fused-ring (bicyclic) bond motifs is 7. The molecule has 168 valence electrons. The first-order chi connectivity index (χ1) is 15.6. The summed E-state index contributed by atoms with van der Waals surface area (Å²) in [4.78, 5) is 57.6. The number of amides is 4. The van der Waals surface area contributed by atoms with Gasteiger partial charge in [-0.05, 0) is 36.7 Å². The monoisotopic (exact) mass is 439 g/mol. The number of carbonyl (C=O) groups excluding carboxylic acids is 4. The molecule has 1 aromatic rings. The molecular weight excluding hydrogens is 414 g/mol. The van der Waals surface area contributed by atoms with Crippen LogP contribution in [-0.4, -0.2) is 58.5 Å². The molecule has 0 radical (unpaired) electrons. The molecule has 3 saturated heterocycles. The number of hydroxylamine groups is 4. The average molecular weight is 439 g/mol. The molecule has 4 amide bonds. The van der Waals surface area contributed by atoms with E-state index in [4.69, 9.17) is 4.84 Å². The normalized spacial score (nSPS) is 31.7. The van der Waals surface area contributed by atoms with Crippen LogP contribution >= 0.6 is 0 Å². The number of carbonyl (C=O) groups is 4. The van der Waals surface area contributed by atoms with E-state index in [1.165, 1.54) is 0 Å². The van der Waals surface area contributed by atoms with Crippen molar-refractivity contribution in [1.29, 1.82) is 0 Å². The third-order valence-corrected chi connectivity index (χ3v) is 6.98. The van der Waals surface area contributed by atoms with Crippen LogP contribution in [0, 0.1) is 23.7 Å². The number of hydrogen-bond donors (Lipinski definition) is 0. The smallest absolute Gasteiger partial charge is 0.334 e. The number of benzene rings is 1. The van der Waals surface area contributed by atoms with Gasteiger partial charge in [-0.25, -0.2) is 4.79 Å². The summed E-state index contributed by atoms with van der Waals surface area (Å²) in [7, 11) is 0. The number of hydrogen-bond acceptors (Lipinski definition) is 6. The Morgan fingerprint density at radius 1 is 1.00 bits per heavy atom. The van der Waals surface area contributed by atoms with Crippen molar-refractivity contribution in [3.8, 4) is 0 Å². The zero-order valence-corrected chi connectivity index (χ0v) is 17.5. The van der Waals surface area contributed by atoms with E-state index in [1.54, 1.807) is 5.06 Å². The predicted molar refractivity (Wildman–Crippen MR) is 110 cm³/mol. The van der Waals surface area contributed by atoms with Crippen molar-refractivity contribution in [3.63, 3.8) is 0 Å². The summed E-state index contributed by atoms with van der Waals surface area (Å²) in [6.45, 7) is 2.29. The van der Waals surface area contributed by atoms with Crippen LogP contribution in [0.3, 0.4) is 0 Å². The molecule has 9 nitrogen and oxygen atoms in total. The van der Waals surface area contributed by atoms with E-state index >= 15 is 0 Å². The van der Waals surface area contributed by atoms with Gasteiger partial charge in [0.1, 0.15) is 6.61 Å². The van der Waals surface area contributed by atoms with E-state index in [0.29, 0.717) is 11.7 Å². The lowest BCUT2D eigenvalue weighted by atomic mass is 9.85. The molecule has 0 aromatic heterocycles. The third kappa shape index (κ3) is 3.46. The summed E-state index contributed by atoms with van der Waals surface area (Å²) < 4.78 is 0. The van der Waals surface area contributed by atoms with Crippen molar-refractivity contribution in [2.75, 3.05) is 13.1 Å². The molecule has 0 spiro atoms. The molecule has 5 atom stereocenters. The first-order valence-electron chi connectivity index (χ1n) is 11.0. The zero-order chi connectivity index (χ0) is 22.2. The van der Waals surface area contributed by atoms with Gasteiger partial charge in [-0.2, -0.15) is 5.06 Å². The Morgan fingerprint density at radius 3 is 2.31 bits per heavy atom. The Morgan fingerprint density at radius 2 is 1.69 bits per heavy atom. The number of piperidine rings is 1. The van der Waals surface area contributed by atoms with Crippen molar-refractivity contribution in [2.24, 2.45) is 23.7 Å². The number of allylic oxidation sites excluding steroid dienone is 2. The number of nitrogens with zero attached hydrogens (tertiary/aromatic N) is 3. The van der Waals surface area contributed by atoms with Crippen LogP contribution in [-0.2, 0) is 30.7 Å². The highest BCUT2D eigenvalue weighted by molar-refractivity contribution is 6.05. The minimum Gasteiger partial charge on any atom is -0.334 e. The van der Waals surface area contributed by atoms with E-state index in [0.717, 1.165) is 37.9 Å². The van der Waals surface area contributed by atoms with E-state index in [2.05, 4.69) is 4.84 Å². The van der Waals surface area contributed by atoms with Crippen molar-refractivity contribution < 1.29 is 28.9 Å². The fraction of sp³-hybridized carbons (Fsp3) is 0.478. The number of imide groups is 1. The summed E-state index contributed by atoms with van der Waals surface area (Å²) in [5, 5.41) is 2.19. The number of urea groups is 1. The minimum absolute atomic E-state index is 0.0310. The first-order valence-corrected chi connectivity index (χ1v) is 11.0. The van der Waals surface area contributed by atoms with Gasteiger partial charge < -0.3 is 9.74 Å². The minimum atomic E-state index is -0.367. The maximum absolute atomic E-state index is 11.9. The highest BCUT2D eigenvalue weighted by Crippen LogP contribution is 2.52. The first kappa shape index (κ1) is 20.7. The highest BCUT2D eigenvalue weighted by atomic mass is 16.7. The molecule has 5 aliphatic rings. The van der Waals surface area contributed by atoms with Crippen LogP contribution in [0.4, 0.5) is 4.79 Å². The second-order valence-electron chi connectivity index (χ2n) is 8.78. The standard InChI is InChI=1S/C13H16N2O2.C10H9NO4/c16-13-14-8-4-7-12(9-14)15(13)17-10-11-5-2-1-3-6-11;12-4-15-11-9(13)7-5-1-2-6(3-5)8(7)10(11)14/h1-3,5-6,12H,4,7-10H2;1-2,4-8H,3H2. The lowest BCUT2D eigenvalue weighted by molar-refractivity contribution is -0.190. The maximum atomic E-state index is 11.9. The average Bonchev–Trinajstić information content (AvgIpc) is 3.54. The molecule has 5 unspecified atom stereocenters. The van der Waals surface area contributed by atoms with Crippen molar-refractivity contribution in [3.05, 3.63) is 48.0 Å². The van der Waals surface area contributed by atoms with Crippen LogP contribution in [0.2, 0.25) is 0 Å². The molecule has 2 aliphatic carbocycles. The molecule has 4 bridgehead atoms. The predicted octanol–water partition coefficient (Wildman–Crippen LogP) is 1.90. The topological polar surface area (TPSA) is 96.5 Å². The highest BCUT2D eigenvalue weighted by Gasteiger charge is 2.60. The summed E-state index contributed by atoms with van der Waals surface area (Å²) >= 11 is 0. The van der Waals surface area contributed by atoms with E-state index in [-0.39, 0.29) is 54.0 Å². The van der Waals surface area contributed by atoms with Gasteiger partial charge in [-0.15, -0.1) is 5.06 Å². The van der Waals surface area contributed by atoms with Crippen molar-refractivity contribution >= 4 is 24.3 Å². The summed E-state index contributed by atoms with van der Waals surface area (Å²) in [6.07, 6.45) is 6.99. The molecule has 3 aliphatic heterocycles. The van der Waals surface area contributed by atoms with E-state index in [9.17, 15) is 19.2 Å². The lowest BCUT2D eigenvalue weighted by Gasteiger charge is -2.22. The van der Waals surface area contributed by atoms with Gasteiger partial charge in [0.15, 0.2) is 0 Å². The molecule has 4 fully saturated rings. The second-order valence-corrected chi connectivity index (χ2v) is 8.78. The van der Waals surface area contributed by atoms with Gasteiger partial charge in [-0.1, -0.05) is 42.5 Å². The zero-order valence-electron chi connectivity index (χ0n) is 17.5. The van der Waals surface area contributed by atoms with Crippen LogP contribution < -0.4 is 0 Å². The Bertz CT molecular complexity index is 920. The van der Waals surface area contributed by atoms with Crippen molar-refractivity contribution in [2.45, 2.75) is 31.9 Å². The van der Waals surface area contributed by atoms with E-state index < -0.39 is 0 Å². The summed E-state index contributed by atoms with van der Waals surface area (Å²) in [5.41, 5.74) is 1.09. The Hall–Kier alpha value is -3.20. The molecule has 1 saturated carbocycles. The lowest BCUT2D eigenvalue weighted by Crippen LogP contribution is -2.33. The molecule has 6 rings (SSSR count). The third-order valence-electron chi connectivity index (χ3n) is 6.98. The number of rotatable bonds is 5. The largest absolute Gasteiger partial charge is 0.344 e. The fourth-order valence-electron chi connectivity index (χ4n) is 5.52. The molecule has 9 heteroatoms. The van der Waals surface area contributed by atoms with Gasteiger partial charge in [0.25, 0.3) is 11.8 Å². The molecule has 1 aromatic carbocycles. The Kier molecular flexibility index (Phi) is 5.42. The van der Waals surface area contributed by atoms with Crippen LogP contribution in [0.25, 0.3) is 0 Å². The summed E-state index contributed by atoms with van der Waals surface area (Å²) in [5.74, 6) is -1.03. The molecule has 32 heavy (non-hydrogen) atoms. The van der Waals surface area contributed by atoms with Crippen molar-refractivity contribution in [1.82, 2.24) is 15.0 Å². The van der Waals surface area contributed by atoms with Crippen LogP contribution in [0.15, 0.2) is 42.5 Å². The quantitative estimate of drug-likeness (QED) is 0.395. The second kappa shape index (κ2) is 8.38.